The number of ketones is 1. The van der Waals surface area contributed by atoms with E-state index in [0.29, 0.717) is 0 Å². The van der Waals surface area contributed by atoms with Gasteiger partial charge in [-0.15, -0.1) is 11.3 Å². The van der Waals surface area contributed by atoms with E-state index < -0.39 is 11.8 Å². The molecular formula is C7H6O3S. The number of carbonyl (C=O) groups excluding carboxylic acids is 1. The fourth-order valence-electron chi connectivity index (χ4n) is 0.656. The third-order valence-electron chi connectivity index (χ3n) is 1.15. The number of carbonyl (C=O) groups is 2. The minimum Gasteiger partial charge on any atom is -0.475 e. The lowest BCUT2D eigenvalue weighted by Gasteiger charge is -1.85. The molecule has 0 atom stereocenters. The Labute approximate surface area is 67.3 Å². The maximum Gasteiger partial charge on any atom is 0.378 e. The molecule has 0 spiro atoms. The minimum atomic E-state index is -1.40. The molecule has 0 saturated carbocycles. The van der Waals surface area contributed by atoms with Gasteiger partial charge in [0, 0.05) is 0 Å². The van der Waals surface area contributed by atoms with E-state index in [4.69, 9.17) is 5.11 Å². The average Bonchev–Trinajstić information content (AvgIpc) is 2.34. The Bertz CT molecular complexity index is 300. The van der Waals surface area contributed by atoms with Gasteiger partial charge in [-0.2, -0.15) is 0 Å². The number of thiophene rings is 1. The van der Waals surface area contributed by atoms with E-state index in [0.717, 1.165) is 16.9 Å². The Balaban J connectivity index is 2.94. The summed E-state index contributed by atoms with van der Waals surface area (Å²) in [7, 11) is 0. The Morgan fingerprint density at radius 2 is 2.18 bits per heavy atom. The zero-order chi connectivity index (χ0) is 8.43. The number of hydrogen-bond donors (Lipinski definition) is 1. The summed E-state index contributed by atoms with van der Waals surface area (Å²) in [5.74, 6) is -2.23. The molecule has 0 amide bonds. The summed E-state index contributed by atoms with van der Waals surface area (Å²) in [5.41, 5.74) is 0.916. The highest BCUT2D eigenvalue weighted by molar-refractivity contribution is 7.13. The van der Waals surface area contributed by atoms with Gasteiger partial charge in [0.1, 0.15) is 0 Å². The number of carboxylic acid groups (broad SMARTS) is 1. The lowest BCUT2D eigenvalue weighted by atomic mass is 10.3. The van der Waals surface area contributed by atoms with Crippen molar-refractivity contribution in [1.29, 1.82) is 0 Å². The standard InChI is InChI=1S/C7H6O3S/c1-4-2-5(11-3-4)6(8)7(9)10/h2-3H,1H3,(H,9,10). The summed E-state index contributed by atoms with van der Waals surface area (Å²) >= 11 is 1.16. The second-order valence-electron chi connectivity index (χ2n) is 2.12. The molecule has 1 aromatic heterocycles. The van der Waals surface area contributed by atoms with Crippen LogP contribution in [0.15, 0.2) is 11.4 Å². The number of rotatable bonds is 2. The van der Waals surface area contributed by atoms with Crippen LogP contribution in [-0.2, 0) is 4.79 Å². The molecule has 1 heterocycles. The van der Waals surface area contributed by atoms with Crippen molar-refractivity contribution in [1.82, 2.24) is 0 Å². The van der Waals surface area contributed by atoms with E-state index >= 15 is 0 Å². The number of aryl methyl sites for hydroxylation is 1. The Morgan fingerprint density at radius 1 is 1.55 bits per heavy atom. The molecule has 0 radical (unpaired) electrons. The van der Waals surface area contributed by atoms with Crippen molar-refractivity contribution in [3.05, 3.63) is 21.9 Å². The highest BCUT2D eigenvalue weighted by Gasteiger charge is 2.15. The predicted molar refractivity (Wildman–Crippen MR) is 41.0 cm³/mol. The summed E-state index contributed by atoms with van der Waals surface area (Å²) in [6.07, 6.45) is 0. The summed E-state index contributed by atoms with van der Waals surface area (Å²) in [6, 6.07) is 1.57. The molecule has 0 saturated heterocycles. The first kappa shape index (κ1) is 7.94. The number of Topliss-reactive ketones (excluding diaryl/α,β-unsaturated/α-hetero) is 1. The zero-order valence-electron chi connectivity index (χ0n) is 5.83. The first-order valence-electron chi connectivity index (χ1n) is 2.94. The average molecular weight is 170 g/mol. The van der Waals surface area contributed by atoms with Crippen LogP contribution in [0.2, 0.25) is 0 Å². The molecule has 0 bridgehead atoms. The van der Waals surface area contributed by atoms with Crippen molar-refractivity contribution in [2.45, 2.75) is 6.92 Å². The highest BCUT2D eigenvalue weighted by Crippen LogP contribution is 2.13. The molecule has 0 fully saturated rings. The Morgan fingerprint density at radius 3 is 2.55 bits per heavy atom. The Kier molecular flexibility index (Phi) is 2.05. The molecule has 0 aliphatic heterocycles. The van der Waals surface area contributed by atoms with E-state index in [-0.39, 0.29) is 4.88 Å². The van der Waals surface area contributed by atoms with Crippen LogP contribution < -0.4 is 0 Å². The van der Waals surface area contributed by atoms with Crippen molar-refractivity contribution in [2.24, 2.45) is 0 Å². The fourth-order valence-corrected chi connectivity index (χ4v) is 1.48. The van der Waals surface area contributed by atoms with Crippen LogP contribution in [0.4, 0.5) is 0 Å². The van der Waals surface area contributed by atoms with E-state index in [9.17, 15) is 9.59 Å². The number of hydrogen-bond acceptors (Lipinski definition) is 3. The van der Waals surface area contributed by atoms with Crippen LogP contribution in [0.3, 0.4) is 0 Å². The van der Waals surface area contributed by atoms with Gasteiger partial charge in [0.2, 0.25) is 0 Å². The van der Waals surface area contributed by atoms with Crippen LogP contribution in [-0.4, -0.2) is 16.9 Å². The van der Waals surface area contributed by atoms with Crippen molar-refractivity contribution < 1.29 is 14.7 Å². The predicted octanol–water partition coefficient (Wildman–Crippen LogP) is 1.32. The van der Waals surface area contributed by atoms with Crippen molar-refractivity contribution in [3.8, 4) is 0 Å². The van der Waals surface area contributed by atoms with E-state index in [1.165, 1.54) is 0 Å². The van der Waals surface area contributed by atoms with Crippen LogP contribution in [0, 0.1) is 6.92 Å². The molecule has 1 aromatic rings. The maximum absolute atomic E-state index is 10.8. The van der Waals surface area contributed by atoms with Gasteiger partial charge in [0.25, 0.3) is 5.78 Å². The van der Waals surface area contributed by atoms with Crippen molar-refractivity contribution in [2.75, 3.05) is 0 Å². The van der Waals surface area contributed by atoms with Crippen LogP contribution >= 0.6 is 11.3 Å². The molecule has 0 unspecified atom stereocenters. The van der Waals surface area contributed by atoms with Crippen LogP contribution in [0.5, 0.6) is 0 Å². The summed E-state index contributed by atoms with van der Waals surface area (Å²) in [6.45, 7) is 1.81. The SMILES string of the molecule is Cc1csc(C(=O)C(=O)O)c1. The van der Waals surface area contributed by atoms with Gasteiger partial charge >= 0.3 is 5.97 Å². The molecule has 3 nitrogen and oxygen atoms in total. The van der Waals surface area contributed by atoms with Crippen LogP contribution in [0.1, 0.15) is 15.2 Å². The molecule has 1 rings (SSSR count). The zero-order valence-corrected chi connectivity index (χ0v) is 6.64. The first-order chi connectivity index (χ1) is 5.11. The number of aliphatic carboxylic acids is 1. The van der Waals surface area contributed by atoms with Gasteiger partial charge < -0.3 is 5.11 Å². The molecule has 0 aromatic carbocycles. The van der Waals surface area contributed by atoms with E-state index in [2.05, 4.69) is 0 Å². The second-order valence-corrected chi connectivity index (χ2v) is 3.03. The number of carboxylic acids is 1. The van der Waals surface area contributed by atoms with E-state index in [1.54, 1.807) is 11.4 Å². The minimum absolute atomic E-state index is 0.287. The molecule has 11 heavy (non-hydrogen) atoms. The van der Waals surface area contributed by atoms with Gasteiger partial charge in [-0.1, -0.05) is 0 Å². The molecule has 1 N–H and O–H groups in total. The maximum atomic E-state index is 10.8. The summed E-state index contributed by atoms with van der Waals surface area (Å²) < 4.78 is 0. The summed E-state index contributed by atoms with van der Waals surface area (Å²) in [5, 5.41) is 10.0. The van der Waals surface area contributed by atoms with Crippen molar-refractivity contribution in [3.63, 3.8) is 0 Å². The fraction of sp³-hybridized carbons (Fsp3) is 0.143. The monoisotopic (exact) mass is 170 g/mol. The van der Waals surface area contributed by atoms with Crippen molar-refractivity contribution >= 4 is 23.1 Å². The quantitative estimate of drug-likeness (QED) is 0.538. The molecule has 0 aliphatic carbocycles. The molecule has 4 heteroatoms. The van der Waals surface area contributed by atoms with Gasteiger partial charge in [-0.05, 0) is 23.9 Å². The largest absolute Gasteiger partial charge is 0.475 e. The lowest BCUT2D eigenvalue weighted by molar-refractivity contribution is -0.131. The lowest BCUT2D eigenvalue weighted by Crippen LogP contribution is -2.10. The molecular weight excluding hydrogens is 164 g/mol. The van der Waals surface area contributed by atoms with Gasteiger partial charge in [0.05, 0.1) is 4.88 Å². The highest BCUT2D eigenvalue weighted by atomic mass is 32.1. The van der Waals surface area contributed by atoms with E-state index in [1.807, 2.05) is 6.92 Å². The van der Waals surface area contributed by atoms with Gasteiger partial charge in [0.15, 0.2) is 0 Å². The normalized spacial score (nSPS) is 9.55. The third-order valence-corrected chi connectivity index (χ3v) is 2.20. The second kappa shape index (κ2) is 2.84. The third kappa shape index (κ3) is 1.65. The topological polar surface area (TPSA) is 54.4 Å². The smallest absolute Gasteiger partial charge is 0.378 e. The van der Waals surface area contributed by atoms with Gasteiger partial charge in [-0.25, -0.2) is 4.79 Å². The molecule has 0 aliphatic rings. The molecule has 58 valence electrons. The van der Waals surface area contributed by atoms with Crippen LogP contribution in [0.25, 0.3) is 0 Å². The Hall–Kier alpha value is -1.16. The summed E-state index contributed by atoms with van der Waals surface area (Å²) in [4.78, 5) is 21.2. The van der Waals surface area contributed by atoms with Gasteiger partial charge in [-0.3, -0.25) is 4.79 Å². The first-order valence-corrected chi connectivity index (χ1v) is 3.82.